The van der Waals surface area contributed by atoms with Gasteiger partial charge in [0.1, 0.15) is 5.69 Å². The van der Waals surface area contributed by atoms with E-state index in [0.717, 1.165) is 36.0 Å². The Labute approximate surface area is 130 Å². The monoisotopic (exact) mass is 341 g/mol. The SMILES string of the molecule is C=C(OCC)C(CCCCBr)c1ccc([NH+](C)[O-])cc1. The largest absolute Gasteiger partial charge is 0.629 e. The normalized spacial score (nSPS) is 13.8. The average Bonchev–Trinajstić information content (AvgIpc) is 2.44. The zero-order chi connectivity index (χ0) is 15.0. The van der Waals surface area contributed by atoms with E-state index in [4.69, 9.17) is 4.74 Å². The highest BCUT2D eigenvalue weighted by Crippen LogP contribution is 2.30. The molecule has 3 nitrogen and oxygen atoms in total. The second-order valence-electron chi connectivity index (χ2n) is 4.81. The van der Waals surface area contributed by atoms with Gasteiger partial charge in [-0.25, -0.2) is 0 Å². The van der Waals surface area contributed by atoms with E-state index in [1.54, 1.807) is 7.05 Å². The lowest BCUT2D eigenvalue weighted by molar-refractivity contribution is -0.751. The number of rotatable bonds is 9. The van der Waals surface area contributed by atoms with Crippen molar-refractivity contribution < 1.29 is 9.80 Å². The van der Waals surface area contributed by atoms with E-state index in [9.17, 15) is 5.21 Å². The summed E-state index contributed by atoms with van der Waals surface area (Å²) in [5, 5.41) is 12.4. The Morgan fingerprint density at radius 2 is 2.00 bits per heavy atom. The predicted molar refractivity (Wildman–Crippen MR) is 87.5 cm³/mol. The van der Waals surface area contributed by atoms with Crippen molar-refractivity contribution >= 4 is 21.6 Å². The third kappa shape index (κ3) is 5.27. The first-order chi connectivity index (χ1) is 9.60. The molecule has 0 bridgehead atoms. The molecule has 0 heterocycles. The van der Waals surface area contributed by atoms with Gasteiger partial charge in [0.25, 0.3) is 0 Å². The van der Waals surface area contributed by atoms with Crippen molar-refractivity contribution in [3.05, 3.63) is 47.4 Å². The molecule has 0 aliphatic rings. The lowest BCUT2D eigenvalue weighted by atomic mass is 9.92. The van der Waals surface area contributed by atoms with Gasteiger partial charge in [-0.15, -0.1) is 0 Å². The molecule has 1 rings (SSSR count). The fourth-order valence-electron chi connectivity index (χ4n) is 2.19. The van der Waals surface area contributed by atoms with Gasteiger partial charge in [-0.2, -0.15) is 0 Å². The highest BCUT2D eigenvalue weighted by atomic mass is 79.9. The van der Waals surface area contributed by atoms with Crippen LogP contribution in [-0.2, 0) is 4.74 Å². The van der Waals surface area contributed by atoms with Crippen LogP contribution in [0.4, 0.5) is 5.69 Å². The van der Waals surface area contributed by atoms with E-state index in [1.807, 2.05) is 31.2 Å². The Morgan fingerprint density at radius 3 is 2.50 bits per heavy atom. The Morgan fingerprint density at radius 1 is 1.35 bits per heavy atom. The number of benzene rings is 1. The molecule has 0 saturated carbocycles. The molecule has 0 saturated heterocycles. The van der Waals surface area contributed by atoms with Crippen LogP contribution in [0.1, 0.15) is 37.7 Å². The number of unbranched alkanes of at least 4 members (excludes halogenated alkanes) is 1. The minimum absolute atomic E-state index is 0.0935. The average molecular weight is 342 g/mol. The molecule has 4 heteroatoms. The first-order valence-electron chi connectivity index (χ1n) is 7.08. The zero-order valence-electron chi connectivity index (χ0n) is 12.3. The van der Waals surface area contributed by atoms with Crippen LogP contribution in [-0.4, -0.2) is 19.0 Å². The maximum Gasteiger partial charge on any atom is 0.130 e. The van der Waals surface area contributed by atoms with Gasteiger partial charge in [0, 0.05) is 11.2 Å². The van der Waals surface area contributed by atoms with Crippen LogP contribution < -0.4 is 5.06 Å². The fourth-order valence-corrected chi connectivity index (χ4v) is 2.59. The van der Waals surface area contributed by atoms with Crippen molar-refractivity contribution in [3.63, 3.8) is 0 Å². The van der Waals surface area contributed by atoms with Gasteiger partial charge in [0.15, 0.2) is 0 Å². The zero-order valence-corrected chi connectivity index (χ0v) is 13.9. The first kappa shape index (κ1) is 17.2. The van der Waals surface area contributed by atoms with E-state index >= 15 is 0 Å². The van der Waals surface area contributed by atoms with Crippen LogP contribution in [0.5, 0.6) is 0 Å². The number of quaternary nitrogens is 1. The maximum atomic E-state index is 11.3. The molecule has 20 heavy (non-hydrogen) atoms. The molecule has 0 spiro atoms. The third-order valence-electron chi connectivity index (χ3n) is 3.31. The van der Waals surface area contributed by atoms with E-state index < -0.39 is 0 Å². The van der Waals surface area contributed by atoms with Gasteiger partial charge in [-0.05, 0) is 37.5 Å². The second kappa shape index (κ2) is 9.16. The van der Waals surface area contributed by atoms with Crippen molar-refractivity contribution in [2.24, 2.45) is 0 Å². The first-order valence-corrected chi connectivity index (χ1v) is 8.20. The van der Waals surface area contributed by atoms with Gasteiger partial charge in [0.2, 0.25) is 0 Å². The smallest absolute Gasteiger partial charge is 0.130 e. The van der Waals surface area contributed by atoms with E-state index in [0.29, 0.717) is 6.61 Å². The number of ether oxygens (including phenoxy) is 1. The maximum absolute atomic E-state index is 11.3. The van der Waals surface area contributed by atoms with E-state index in [1.165, 1.54) is 5.56 Å². The molecule has 1 N–H and O–H groups in total. The molecule has 0 aliphatic carbocycles. The van der Waals surface area contributed by atoms with E-state index in [2.05, 4.69) is 22.5 Å². The molecular weight excluding hydrogens is 318 g/mol. The van der Waals surface area contributed by atoms with Crippen LogP contribution in [0.3, 0.4) is 0 Å². The molecule has 2 unspecified atom stereocenters. The van der Waals surface area contributed by atoms with Crippen molar-refractivity contribution in [2.75, 3.05) is 19.0 Å². The Kier molecular flexibility index (Phi) is 7.88. The highest BCUT2D eigenvalue weighted by Gasteiger charge is 2.16. The van der Waals surface area contributed by atoms with Crippen LogP contribution >= 0.6 is 15.9 Å². The summed E-state index contributed by atoms with van der Waals surface area (Å²) in [6, 6.07) is 7.79. The lowest BCUT2D eigenvalue weighted by Gasteiger charge is -2.21. The summed E-state index contributed by atoms with van der Waals surface area (Å²) < 4.78 is 5.59. The molecule has 0 fully saturated rings. The third-order valence-corrected chi connectivity index (χ3v) is 3.88. The number of alkyl halides is 1. The topological polar surface area (TPSA) is 36.7 Å². The van der Waals surface area contributed by atoms with Gasteiger partial charge >= 0.3 is 0 Å². The lowest BCUT2D eigenvalue weighted by Crippen LogP contribution is -2.98. The summed E-state index contributed by atoms with van der Waals surface area (Å²) >= 11 is 3.46. The molecule has 0 radical (unpaired) electrons. The number of hydrogen-bond donors (Lipinski definition) is 1. The molecule has 2 atom stereocenters. The van der Waals surface area contributed by atoms with Crippen molar-refractivity contribution in [3.8, 4) is 0 Å². The number of allylic oxidation sites excluding steroid dienone is 1. The van der Waals surface area contributed by atoms with Gasteiger partial charge in [-0.3, -0.25) is 0 Å². The summed E-state index contributed by atoms with van der Waals surface area (Å²) in [7, 11) is 1.58. The van der Waals surface area contributed by atoms with Crippen LogP contribution in [0.25, 0.3) is 0 Å². The predicted octanol–water partition coefficient (Wildman–Crippen LogP) is 3.53. The summed E-state index contributed by atoms with van der Waals surface area (Å²) in [6.07, 6.45) is 3.28. The summed E-state index contributed by atoms with van der Waals surface area (Å²) in [4.78, 5) is 0. The Balaban J connectivity index is 2.82. The molecule has 0 amide bonds. The Bertz CT molecular complexity index is 403. The number of halogens is 1. The van der Waals surface area contributed by atoms with E-state index in [-0.39, 0.29) is 11.0 Å². The highest BCUT2D eigenvalue weighted by molar-refractivity contribution is 9.09. The summed E-state index contributed by atoms with van der Waals surface area (Å²) in [5.41, 5.74) is 1.91. The van der Waals surface area contributed by atoms with Gasteiger partial charge in [0.05, 0.1) is 19.4 Å². The molecule has 1 aromatic rings. The molecule has 0 aromatic heterocycles. The number of nitrogens with one attached hydrogen (secondary N) is 1. The van der Waals surface area contributed by atoms with Crippen LogP contribution in [0.15, 0.2) is 36.6 Å². The standard InChI is InChI=1S/C16H24BrNO2/c1-4-20-13(2)16(7-5-6-12-17)14-8-10-15(11-9-14)18(3)19/h8-11,16,18H,2,4-7,12H2,1,3H3. The van der Waals surface area contributed by atoms with Gasteiger partial charge < -0.3 is 15.0 Å². The fraction of sp³-hybridized carbons (Fsp3) is 0.500. The van der Waals surface area contributed by atoms with Crippen molar-refractivity contribution in [2.45, 2.75) is 32.1 Å². The van der Waals surface area contributed by atoms with Gasteiger partial charge in [-0.1, -0.05) is 41.1 Å². The number of hydrogen-bond acceptors (Lipinski definition) is 2. The second-order valence-corrected chi connectivity index (χ2v) is 5.61. The minimum atomic E-state index is 0.0935. The summed E-state index contributed by atoms with van der Waals surface area (Å²) in [6.45, 7) is 6.67. The van der Waals surface area contributed by atoms with Crippen molar-refractivity contribution in [1.82, 2.24) is 0 Å². The molecular formula is C16H24BrNO2. The number of hydroxylamine groups is 1. The quantitative estimate of drug-likeness (QED) is 0.323. The van der Waals surface area contributed by atoms with Crippen molar-refractivity contribution in [1.29, 1.82) is 0 Å². The van der Waals surface area contributed by atoms with Crippen LogP contribution in [0.2, 0.25) is 0 Å². The summed E-state index contributed by atoms with van der Waals surface area (Å²) in [5.74, 6) is 1.02. The molecule has 1 aromatic carbocycles. The Hall–Kier alpha value is -0.840. The minimum Gasteiger partial charge on any atom is -0.629 e. The van der Waals surface area contributed by atoms with Crippen LogP contribution in [0, 0.1) is 5.21 Å². The molecule has 112 valence electrons. The molecule has 0 aliphatic heterocycles.